The number of esters is 2. The van der Waals surface area contributed by atoms with Crippen molar-refractivity contribution >= 4 is 11.9 Å². The van der Waals surface area contributed by atoms with Crippen molar-refractivity contribution in [1.29, 1.82) is 0 Å². The van der Waals surface area contributed by atoms with Gasteiger partial charge in [-0.1, -0.05) is 218 Å². The van der Waals surface area contributed by atoms with Crippen LogP contribution in [0.3, 0.4) is 0 Å². The molecular formula is C53H100O5. The molecule has 58 heavy (non-hydrogen) atoms. The number of unbranched alkanes of at least 4 members (excludes halogenated alkanes) is 33. The number of hydrogen-bond donors (Lipinski definition) is 0. The summed E-state index contributed by atoms with van der Waals surface area (Å²) in [7, 11) is 0. The first-order valence-corrected chi connectivity index (χ1v) is 25.9. The van der Waals surface area contributed by atoms with Crippen LogP contribution in [0.5, 0.6) is 0 Å². The summed E-state index contributed by atoms with van der Waals surface area (Å²) in [4.78, 5) is 25.3. The first-order valence-electron chi connectivity index (χ1n) is 25.9. The number of ether oxygens (including phenoxy) is 3. The third kappa shape index (κ3) is 47.1. The number of carbonyl (C=O) groups excluding carboxylic acids is 2. The minimum Gasteiger partial charge on any atom is -0.462 e. The van der Waals surface area contributed by atoms with Gasteiger partial charge in [-0.25, -0.2) is 0 Å². The Balaban J connectivity index is 4.20. The largest absolute Gasteiger partial charge is 0.462 e. The quantitative estimate of drug-likeness (QED) is 0.0348. The number of allylic oxidation sites excluding steroid dienone is 4. The van der Waals surface area contributed by atoms with E-state index in [4.69, 9.17) is 14.2 Å². The fraction of sp³-hybridized carbons (Fsp3) is 0.887. The molecule has 0 aromatic carbocycles. The lowest BCUT2D eigenvalue weighted by Crippen LogP contribution is -2.30. The molecule has 0 fully saturated rings. The lowest BCUT2D eigenvalue weighted by molar-refractivity contribution is -0.163. The Labute approximate surface area is 362 Å². The fourth-order valence-corrected chi connectivity index (χ4v) is 7.56. The number of carbonyl (C=O) groups is 2. The van der Waals surface area contributed by atoms with Crippen molar-refractivity contribution in [3.8, 4) is 0 Å². The standard InChI is InChI=1S/C53H100O5/c1-4-7-10-13-16-19-22-24-25-26-27-28-30-33-36-39-42-45-48-56-49-51(58-53(55)47-44-41-38-35-31-21-18-15-12-9-6-3)50-57-52(54)46-43-40-37-34-32-29-23-20-17-14-11-8-5-2/h20,23-25,51H,4-19,21-22,26-50H2,1-3H3/b23-20-,25-24-. The van der Waals surface area contributed by atoms with Gasteiger partial charge in [0, 0.05) is 19.4 Å². The Kier molecular flexibility index (Phi) is 48.4. The Morgan fingerprint density at radius 3 is 1.07 bits per heavy atom. The summed E-state index contributed by atoms with van der Waals surface area (Å²) >= 11 is 0. The van der Waals surface area contributed by atoms with Gasteiger partial charge in [0.15, 0.2) is 6.10 Å². The van der Waals surface area contributed by atoms with Crippen LogP contribution in [0, 0.1) is 0 Å². The average Bonchev–Trinajstić information content (AvgIpc) is 3.22. The van der Waals surface area contributed by atoms with Crippen molar-refractivity contribution in [1.82, 2.24) is 0 Å². The molecule has 5 nitrogen and oxygen atoms in total. The van der Waals surface area contributed by atoms with E-state index in [1.165, 1.54) is 193 Å². The van der Waals surface area contributed by atoms with Crippen molar-refractivity contribution in [2.75, 3.05) is 19.8 Å². The molecule has 0 bridgehead atoms. The van der Waals surface area contributed by atoms with E-state index in [9.17, 15) is 9.59 Å². The Bertz CT molecular complexity index is 882. The lowest BCUT2D eigenvalue weighted by Gasteiger charge is -2.18. The normalized spacial score (nSPS) is 12.3. The number of rotatable bonds is 48. The maximum atomic E-state index is 12.8. The van der Waals surface area contributed by atoms with Crippen LogP contribution < -0.4 is 0 Å². The average molecular weight is 817 g/mol. The highest BCUT2D eigenvalue weighted by atomic mass is 16.6. The maximum absolute atomic E-state index is 12.8. The summed E-state index contributed by atoms with van der Waals surface area (Å²) in [6.45, 7) is 7.83. The van der Waals surface area contributed by atoms with Crippen LogP contribution in [0.4, 0.5) is 0 Å². The summed E-state index contributed by atoms with van der Waals surface area (Å²) in [5, 5.41) is 0. The zero-order valence-corrected chi connectivity index (χ0v) is 39.3. The maximum Gasteiger partial charge on any atom is 0.306 e. The first-order chi connectivity index (χ1) is 28.6. The summed E-state index contributed by atoms with van der Waals surface area (Å²) in [6, 6.07) is 0. The number of hydrogen-bond acceptors (Lipinski definition) is 5. The minimum absolute atomic E-state index is 0.0858. The molecule has 0 rings (SSSR count). The molecule has 0 radical (unpaired) electrons. The Hall–Kier alpha value is -1.62. The summed E-state index contributed by atoms with van der Waals surface area (Å²) in [6.07, 6.45) is 57.5. The van der Waals surface area contributed by atoms with Gasteiger partial charge in [0.05, 0.1) is 6.61 Å². The molecule has 0 saturated carbocycles. The van der Waals surface area contributed by atoms with E-state index in [0.29, 0.717) is 19.4 Å². The van der Waals surface area contributed by atoms with Gasteiger partial charge in [-0.05, 0) is 70.6 Å². The lowest BCUT2D eigenvalue weighted by atomic mass is 10.1. The monoisotopic (exact) mass is 817 g/mol. The summed E-state index contributed by atoms with van der Waals surface area (Å²) in [5.41, 5.74) is 0. The van der Waals surface area contributed by atoms with Gasteiger partial charge >= 0.3 is 11.9 Å². The molecule has 0 aromatic heterocycles. The Morgan fingerprint density at radius 2 is 0.672 bits per heavy atom. The molecule has 0 aliphatic carbocycles. The van der Waals surface area contributed by atoms with E-state index in [2.05, 4.69) is 45.1 Å². The zero-order chi connectivity index (χ0) is 42.1. The molecular weight excluding hydrogens is 717 g/mol. The van der Waals surface area contributed by atoms with E-state index in [0.717, 1.165) is 51.4 Å². The third-order valence-electron chi connectivity index (χ3n) is 11.5. The van der Waals surface area contributed by atoms with E-state index < -0.39 is 6.10 Å². The molecule has 0 heterocycles. The highest BCUT2D eigenvalue weighted by Crippen LogP contribution is 2.15. The van der Waals surface area contributed by atoms with Crippen LogP contribution in [0.1, 0.15) is 278 Å². The SMILES string of the molecule is CCCCCC/C=C\CCCCCCCC(=O)OCC(COCCCCCCCCCC/C=C\CCCCCCCC)OC(=O)CCCCCCCCCCCCC. The molecule has 0 aliphatic rings. The molecule has 5 heteroatoms. The predicted octanol–water partition coefficient (Wildman–Crippen LogP) is 17.2. The van der Waals surface area contributed by atoms with E-state index >= 15 is 0 Å². The van der Waals surface area contributed by atoms with Crippen molar-refractivity contribution < 1.29 is 23.8 Å². The van der Waals surface area contributed by atoms with E-state index in [-0.39, 0.29) is 25.2 Å². The van der Waals surface area contributed by atoms with Gasteiger partial charge in [0.1, 0.15) is 6.61 Å². The van der Waals surface area contributed by atoms with Gasteiger partial charge in [-0.2, -0.15) is 0 Å². The van der Waals surface area contributed by atoms with Crippen LogP contribution in [-0.2, 0) is 23.8 Å². The predicted molar refractivity (Wildman–Crippen MR) is 252 cm³/mol. The second-order valence-corrected chi connectivity index (χ2v) is 17.4. The van der Waals surface area contributed by atoms with Crippen molar-refractivity contribution in [2.24, 2.45) is 0 Å². The van der Waals surface area contributed by atoms with Crippen LogP contribution in [0.15, 0.2) is 24.3 Å². The zero-order valence-electron chi connectivity index (χ0n) is 39.3. The van der Waals surface area contributed by atoms with E-state index in [1.54, 1.807) is 0 Å². The minimum atomic E-state index is -0.533. The molecule has 0 amide bonds. The highest BCUT2D eigenvalue weighted by molar-refractivity contribution is 5.70. The highest BCUT2D eigenvalue weighted by Gasteiger charge is 2.17. The van der Waals surface area contributed by atoms with Gasteiger partial charge < -0.3 is 14.2 Å². The van der Waals surface area contributed by atoms with Gasteiger partial charge in [0.2, 0.25) is 0 Å². The molecule has 0 saturated heterocycles. The molecule has 342 valence electrons. The van der Waals surface area contributed by atoms with Crippen LogP contribution in [0.2, 0.25) is 0 Å². The Morgan fingerprint density at radius 1 is 0.362 bits per heavy atom. The molecule has 0 spiro atoms. The summed E-state index contributed by atoms with van der Waals surface area (Å²) in [5.74, 6) is -0.395. The van der Waals surface area contributed by atoms with Crippen molar-refractivity contribution in [2.45, 2.75) is 284 Å². The van der Waals surface area contributed by atoms with Gasteiger partial charge in [-0.15, -0.1) is 0 Å². The van der Waals surface area contributed by atoms with E-state index in [1.807, 2.05) is 0 Å². The third-order valence-corrected chi connectivity index (χ3v) is 11.5. The molecule has 1 unspecified atom stereocenters. The van der Waals surface area contributed by atoms with Crippen molar-refractivity contribution in [3.05, 3.63) is 24.3 Å². The molecule has 0 aliphatic heterocycles. The topological polar surface area (TPSA) is 61.8 Å². The second-order valence-electron chi connectivity index (χ2n) is 17.4. The van der Waals surface area contributed by atoms with Crippen LogP contribution in [0.25, 0.3) is 0 Å². The van der Waals surface area contributed by atoms with Gasteiger partial charge in [-0.3, -0.25) is 9.59 Å². The summed E-state index contributed by atoms with van der Waals surface area (Å²) < 4.78 is 17.4. The van der Waals surface area contributed by atoms with Crippen molar-refractivity contribution in [3.63, 3.8) is 0 Å². The van der Waals surface area contributed by atoms with Gasteiger partial charge in [0.25, 0.3) is 0 Å². The molecule has 0 aromatic rings. The second kappa shape index (κ2) is 49.7. The van der Waals surface area contributed by atoms with Crippen LogP contribution in [-0.4, -0.2) is 37.9 Å². The first kappa shape index (κ1) is 56.4. The van der Waals surface area contributed by atoms with Crippen LogP contribution >= 0.6 is 0 Å². The fourth-order valence-electron chi connectivity index (χ4n) is 7.56. The molecule has 1 atom stereocenters. The molecule has 0 N–H and O–H groups in total. The smallest absolute Gasteiger partial charge is 0.306 e.